The molecule has 5 nitrogen and oxygen atoms in total. The topological polar surface area (TPSA) is 40.6 Å². The normalized spacial score (nSPS) is 11.9. The number of fused-ring (bicyclic) bond motifs is 9. The van der Waals surface area contributed by atoms with Crippen LogP contribution >= 0.6 is 0 Å². The first-order valence-electron chi connectivity index (χ1n) is 22.7. The first-order chi connectivity index (χ1) is 32.4. The number of aromatic nitrogens is 5. The van der Waals surface area contributed by atoms with Crippen LogP contribution in [-0.2, 0) is 0 Å². The van der Waals surface area contributed by atoms with E-state index < -0.39 is 0 Å². The van der Waals surface area contributed by atoms with Gasteiger partial charge < -0.3 is 13.7 Å². The second-order valence-electron chi connectivity index (χ2n) is 17.7. The molecule has 13 rings (SSSR count). The number of hydrogen-bond donors (Lipinski definition) is 0. The van der Waals surface area contributed by atoms with Crippen LogP contribution in [0, 0.1) is 20.8 Å². The number of rotatable bonds is 6. The summed E-state index contributed by atoms with van der Waals surface area (Å²) in [4.78, 5) is 10.3. The van der Waals surface area contributed by atoms with E-state index in [1.807, 2.05) is 24.3 Å². The van der Waals surface area contributed by atoms with Gasteiger partial charge in [0.25, 0.3) is 0 Å². The summed E-state index contributed by atoms with van der Waals surface area (Å²) in [6.45, 7) is 6.56. The molecule has 0 radical (unpaired) electrons. The molecule has 0 aliphatic carbocycles. The SMILES string of the molecule is Cc1ccc2c(c1)c1cc(C)ccc1n2-c1ccc2c(c1)c1cc(-n3c4ccccc4c4ccccc43)ccc1n2-c1ccc(-c2cc(-c3ccccc3)nc(-c3ccccc3)n2)c(C)c1. The Bertz CT molecular complexity index is 3910. The third-order valence-electron chi connectivity index (χ3n) is 13.5. The van der Waals surface area contributed by atoms with Gasteiger partial charge in [-0.15, -0.1) is 0 Å². The van der Waals surface area contributed by atoms with Gasteiger partial charge in [0.2, 0.25) is 0 Å². The Morgan fingerprint density at radius 1 is 0.303 bits per heavy atom. The maximum absolute atomic E-state index is 5.19. The number of nitrogens with zero attached hydrogens (tertiary/aromatic N) is 5. The molecule has 4 aromatic heterocycles. The summed E-state index contributed by atoms with van der Waals surface area (Å²) in [6, 6.07) is 74.7. The molecule has 0 spiro atoms. The highest BCUT2D eigenvalue weighted by molar-refractivity contribution is 6.14. The Balaban J connectivity index is 1.04. The summed E-state index contributed by atoms with van der Waals surface area (Å²) < 4.78 is 7.30. The summed E-state index contributed by atoms with van der Waals surface area (Å²) in [5.41, 5.74) is 19.0. The van der Waals surface area contributed by atoms with E-state index in [0.29, 0.717) is 5.82 Å². The molecule has 0 unspecified atom stereocenters. The molecule has 0 aliphatic heterocycles. The third-order valence-corrected chi connectivity index (χ3v) is 13.5. The van der Waals surface area contributed by atoms with Crippen LogP contribution in [0.15, 0.2) is 206 Å². The minimum absolute atomic E-state index is 0.709. The number of hydrogen-bond acceptors (Lipinski definition) is 2. The van der Waals surface area contributed by atoms with Crippen molar-refractivity contribution in [1.82, 2.24) is 23.7 Å². The third kappa shape index (κ3) is 5.94. The fourth-order valence-corrected chi connectivity index (χ4v) is 10.4. The quantitative estimate of drug-likeness (QED) is 0.167. The predicted octanol–water partition coefficient (Wildman–Crippen LogP) is 15.7. The molecular formula is C61H43N5. The van der Waals surface area contributed by atoms with Gasteiger partial charge in [-0.3, -0.25) is 0 Å². The van der Waals surface area contributed by atoms with Crippen LogP contribution < -0.4 is 0 Å². The van der Waals surface area contributed by atoms with Crippen molar-refractivity contribution >= 4 is 65.4 Å². The van der Waals surface area contributed by atoms with E-state index in [1.54, 1.807) is 0 Å². The highest BCUT2D eigenvalue weighted by Crippen LogP contribution is 2.41. The lowest BCUT2D eigenvalue weighted by molar-refractivity contribution is 1.15. The molecule has 0 bridgehead atoms. The molecule has 0 saturated heterocycles. The molecule has 0 atom stereocenters. The Labute approximate surface area is 382 Å². The van der Waals surface area contributed by atoms with Crippen molar-refractivity contribution in [3.05, 3.63) is 223 Å². The maximum atomic E-state index is 5.19. The fourth-order valence-electron chi connectivity index (χ4n) is 10.4. The lowest BCUT2D eigenvalue weighted by Crippen LogP contribution is -1.99. The zero-order chi connectivity index (χ0) is 44.0. The summed E-state index contributed by atoms with van der Waals surface area (Å²) in [7, 11) is 0. The van der Waals surface area contributed by atoms with Gasteiger partial charge in [-0.05, 0) is 117 Å². The summed E-state index contributed by atoms with van der Waals surface area (Å²) in [5, 5.41) is 7.43. The van der Waals surface area contributed by atoms with Crippen LogP contribution in [0.1, 0.15) is 16.7 Å². The van der Waals surface area contributed by atoms with Gasteiger partial charge in [0, 0.05) is 66.1 Å². The van der Waals surface area contributed by atoms with Gasteiger partial charge >= 0.3 is 0 Å². The van der Waals surface area contributed by atoms with Gasteiger partial charge in [0.1, 0.15) is 0 Å². The van der Waals surface area contributed by atoms with Crippen molar-refractivity contribution in [2.24, 2.45) is 0 Å². The molecule has 312 valence electrons. The average Bonchev–Trinajstić information content (AvgIpc) is 3.99. The zero-order valence-electron chi connectivity index (χ0n) is 36.9. The van der Waals surface area contributed by atoms with Crippen LogP contribution in [0.2, 0.25) is 0 Å². The molecular weight excluding hydrogens is 803 g/mol. The van der Waals surface area contributed by atoms with E-state index in [2.05, 4.69) is 216 Å². The smallest absolute Gasteiger partial charge is 0.160 e. The van der Waals surface area contributed by atoms with E-state index >= 15 is 0 Å². The standard InChI is InChI=1S/C61H43N5/c1-38-22-28-57-49(32-38)50-33-39(2)23-29-58(50)66(57)45-26-31-60-52(36-45)51-35-44(65-55-20-12-10-18-47(55)48-19-11-13-21-56(48)65)25-30-59(51)64(60)43-24-27-46(40(3)34-43)54-37-53(41-14-6-4-7-15-41)62-61(63-54)42-16-8-5-9-17-42/h4-37H,1-3H3. The predicted molar refractivity (Wildman–Crippen MR) is 276 cm³/mol. The second kappa shape index (κ2) is 14.8. The van der Waals surface area contributed by atoms with Crippen LogP contribution in [-0.4, -0.2) is 23.7 Å². The van der Waals surface area contributed by atoms with Crippen molar-refractivity contribution in [2.45, 2.75) is 20.8 Å². The minimum atomic E-state index is 0.709. The molecule has 0 N–H and O–H groups in total. The monoisotopic (exact) mass is 845 g/mol. The van der Waals surface area contributed by atoms with Crippen molar-refractivity contribution in [3.8, 4) is 51.0 Å². The van der Waals surface area contributed by atoms with E-state index in [9.17, 15) is 0 Å². The van der Waals surface area contributed by atoms with Crippen LogP contribution in [0.25, 0.3) is 116 Å². The maximum Gasteiger partial charge on any atom is 0.160 e. The Hall–Kier alpha value is -8.54. The van der Waals surface area contributed by atoms with Gasteiger partial charge in [0.15, 0.2) is 5.82 Å². The van der Waals surface area contributed by atoms with Crippen molar-refractivity contribution in [1.29, 1.82) is 0 Å². The van der Waals surface area contributed by atoms with E-state index in [-0.39, 0.29) is 0 Å². The van der Waals surface area contributed by atoms with Crippen molar-refractivity contribution in [3.63, 3.8) is 0 Å². The largest absolute Gasteiger partial charge is 0.309 e. The summed E-state index contributed by atoms with van der Waals surface area (Å²) in [5.74, 6) is 0.709. The lowest BCUT2D eigenvalue weighted by atomic mass is 10.0. The molecule has 13 aromatic rings. The molecule has 0 amide bonds. The molecule has 0 saturated carbocycles. The van der Waals surface area contributed by atoms with E-state index in [0.717, 1.165) is 61.7 Å². The zero-order valence-corrected chi connectivity index (χ0v) is 36.9. The summed E-state index contributed by atoms with van der Waals surface area (Å²) >= 11 is 0. The molecule has 9 aromatic carbocycles. The van der Waals surface area contributed by atoms with Gasteiger partial charge in [-0.2, -0.15) is 0 Å². The van der Waals surface area contributed by atoms with Crippen molar-refractivity contribution < 1.29 is 0 Å². The number of aryl methyl sites for hydroxylation is 3. The number of benzene rings is 9. The van der Waals surface area contributed by atoms with Gasteiger partial charge in [-0.1, -0.05) is 126 Å². The van der Waals surface area contributed by atoms with Crippen LogP contribution in [0.5, 0.6) is 0 Å². The van der Waals surface area contributed by atoms with Gasteiger partial charge in [0.05, 0.1) is 44.5 Å². The highest BCUT2D eigenvalue weighted by atomic mass is 15.0. The van der Waals surface area contributed by atoms with Crippen molar-refractivity contribution in [2.75, 3.05) is 0 Å². The van der Waals surface area contributed by atoms with E-state index in [1.165, 1.54) is 65.5 Å². The molecule has 66 heavy (non-hydrogen) atoms. The molecule has 4 heterocycles. The minimum Gasteiger partial charge on any atom is -0.309 e. The Morgan fingerprint density at radius 2 is 0.712 bits per heavy atom. The highest BCUT2D eigenvalue weighted by Gasteiger charge is 2.20. The van der Waals surface area contributed by atoms with Gasteiger partial charge in [-0.25, -0.2) is 9.97 Å². The molecule has 5 heteroatoms. The fraction of sp³-hybridized carbons (Fsp3) is 0.0492. The average molecular weight is 846 g/mol. The Morgan fingerprint density at radius 3 is 1.24 bits per heavy atom. The summed E-state index contributed by atoms with van der Waals surface area (Å²) in [6.07, 6.45) is 0. The van der Waals surface area contributed by atoms with E-state index in [4.69, 9.17) is 9.97 Å². The molecule has 0 fully saturated rings. The lowest BCUT2D eigenvalue weighted by Gasteiger charge is -2.14. The first kappa shape index (κ1) is 38.0. The first-order valence-corrected chi connectivity index (χ1v) is 22.7. The van der Waals surface area contributed by atoms with Crippen LogP contribution in [0.4, 0.5) is 0 Å². The Kier molecular flexibility index (Phi) is 8.49. The van der Waals surface area contributed by atoms with Crippen LogP contribution in [0.3, 0.4) is 0 Å². The number of para-hydroxylation sites is 2. The molecule has 0 aliphatic rings. The second-order valence-corrected chi connectivity index (χ2v) is 17.7.